The van der Waals surface area contributed by atoms with E-state index in [0.29, 0.717) is 18.4 Å². The lowest BCUT2D eigenvalue weighted by Gasteiger charge is -2.27. The van der Waals surface area contributed by atoms with Crippen molar-refractivity contribution in [3.05, 3.63) is 34.3 Å². The van der Waals surface area contributed by atoms with Gasteiger partial charge in [-0.1, -0.05) is 35.0 Å². The number of carbonyl (C=O) groups is 1. The third-order valence-electron chi connectivity index (χ3n) is 4.14. The van der Waals surface area contributed by atoms with E-state index in [4.69, 9.17) is 5.11 Å². The number of rotatable bonds is 6. The van der Waals surface area contributed by atoms with Crippen molar-refractivity contribution >= 4 is 21.9 Å². The minimum Gasteiger partial charge on any atom is -0.481 e. The van der Waals surface area contributed by atoms with Gasteiger partial charge in [0.15, 0.2) is 0 Å². The molecule has 110 valence electrons. The van der Waals surface area contributed by atoms with Crippen molar-refractivity contribution in [1.82, 2.24) is 4.90 Å². The normalized spacial score (nSPS) is 21.0. The zero-order valence-electron chi connectivity index (χ0n) is 11.9. The number of aliphatic carboxylic acids is 1. The molecule has 4 heteroatoms. The summed E-state index contributed by atoms with van der Waals surface area (Å²) in [6.07, 6.45) is 3.31. The van der Waals surface area contributed by atoms with Gasteiger partial charge in [-0.15, -0.1) is 0 Å². The van der Waals surface area contributed by atoms with Crippen LogP contribution in [0.15, 0.2) is 28.7 Å². The Morgan fingerprint density at radius 2 is 2.35 bits per heavy atom. The first-order chi connectivity index (χ1) is 9.60. The zero-order chi connectivity index (χ0) is 14.5. The summed E-state index contributed by atoms with van der Waals surface area (Å²) in [5.41, 5.74) is 1.35. The number of benzene rings is 1. The van der Waals surface area contributed by atoms with Crippen LogP contribution in [0.3, 0.4) is 0 Å². The lowest BCUT2D eigenvalue weighted by atomic mass is 10.0. The summed E-state index contributed by atoms with van der Waals surface area (Å²) >= 11 is 3.54. The smallest absolute Gasteiger partial charge is 0.303 e. The van der Waals surface area contributed by atoms with Crippen LogP contribution >= 0.6 is 15.9 Å². The molecule has 1 saturated heterocycles. The minimum absolute atomic E-state index is 0.298. The Kier molecular flexibility index (Phi) is 5.61. The lowest BCUT2D eigenvalue weighted by molar-refractivity contribution is -0.137. The van der Waals surface area contributed by atoms with Crippen LogP contribution in [0.2, 0.25) is 0 Å². The maximum atomic E-state index is 10.7. The third-order valence-corrected chi connectivity index (χ3v) is 4.64. The van der Waals surface area contributed by atoms with E-state index >= 15 is 0 Å². The van der Waals surface area contributed by atoms with Gasteiger partial charge in [0.25, 0.3) is 0 Å². The van der Waals surface area contributed by atoms with Gasteiger partial charge in [-0.25, -0.2) is 0 Å². The number of carboxylic acids is 1. The van der Waals surface area contributed by atoms with E-state index in [1.54, 1.807) is 0 Å². The Balaban J connectivity index is 1.98. The molecule has 1 aliphatic rings. The van der Waals surface area contributed by atoms with Crippen molar-refractivity contribution in [1.29, 1.82) is 0 Å². The van der Waals surface area contributed by atoms with Gasteiger partial charge in [-0.05, 0) is 49.4 Å². The number of halogens is 1. The summed E-state index contributed by atoms with van der Waals surface area (Å²) in [4.78, 5) is 13.2. The molecule has 0 aliphatic carbocycles. The second-order valence-corrected chi connectivity index (χ2v) is 6.48. The number of carboxylic acid groups (broad SMARTS) is 1. The minimum atomic E-state index is -0.678. The summed E-state index contributed by atoms with van der Waals surface area (Å²) in [6, 6.07) is 8.96. The van der Waals surface area contributed by atoms with Crippen molar-refractivity contribution in [2.24, 2.45) is 5.92 Å². The first-order valence-corrected chi connectivity index (χ1v) is 8.10. The van der Waals surface area contributed by atoms with Gasteiger partial charge >= 0.3 is 5.97 Å². The summed E-state index contributed by atoms with van der Waals surface area (Å²) in [5.74, 6) is -0.144. The Bertz CT molecular complexity index is 464. The average Bonchev–Trinajstić information content (AvgIpc) is 2.86. The summed E-state index contributed by atoms with van der Waals surface area (Å²) < 4.78 is 1.12. The van der Waals surface area contributed by atoms with Crippen LogP contribution in [0, 0.1) is 5.92 Å². The first-order valence-electron chi connectivity index (χ1n) is 7.31. The van der Waals surface area contributed by atoms with Crippen LogP contribution in [0.5, 0.6) is 0 Å². The van der Waals surface area contributed by atoms with E-state index in [0.717, 1.165) is 36.8 Å². The summed E-state index contributed by atoms with van der Waals surface area (Å²) in [5, 5.41) is 8.78. The highest BCUT2D eigenvalue weighted by atomic mass is 79.9. The van der Waals surface area contributed by atoms with Crippen molar-refractivity contribution in [2.45, 2.75) is 38.6 Å². The Labute approximate surface area is 129 Å². The molecule has 20 heavy (non-hydrogen) atoms. The van der Waals surface area contributed by atoms with Crippen molar-refractivity contribution in [3.8, 4) is 0 Å². The number of likely N-dealkylation sites (tertiary alicyclic amines) is 1. The van der Waals surface area contributed by atoms with Crippen molar-refractivity contribution in [2.75, 3.05) is 13.1 Å². The molecule has 0 bridgehead atoms. The Morgan fingerprint density at radius 3 is 3.00 bits per heavy atom. The molecular formula is C16H22BrNO2. The predicted octanol–water partition coefficient (Wildman–Crippen LogP) is 4.09. The molecule has 1 aromatic carbocycles. The van der Waals surface area contributed by atoms with Crippen LogP contribution in [-0.4, -0.2) is 29.1 Å². The lowest BCUT2D eigenvalue weighted by Crippen LogP contribution is -2.26. The molecule has 2 rings (SSSR count). The monoisotopic (exact) mass is 339 g/mol. The van der Waals surface area contributed by atoms with E-state index in [9.17, 15) is 4.79 Å². The molecule has 1 aromatic rings. The second-order valence-electron chi connectivity index (χ2n) is 5.56. The molecule has 0 amide bonds. The van der Waals surface area contributed by atoms with Crippen LogP contribution < -0.4 is 0 Å². The molecule has 0 aromatic heterocycles. The van der Waals surface area contributed by atoms with Gasteiger partial charge in [-0.2, -0.15) is 0 Å². The van der Waals surface area contributed by atoms with Crippen LogP contribution in [0.25, 0.3) is 0 Å². The fourth-order valence-electron chi connectivity index (χ4n) is 3.13. The predicted molar refractivity (Wildman–Crippen MR) is 83.7 cm³/mol. The molecule has 0 saturated carbocycles. The molecule has 1 heterocycles. The largest absolute Gasteiger partial charge is 0.481 e. The molecule has 1 aliphatic heterocycles. The maximum absolute atomic E-state index is 10.7. The van der Waals surface area contributed by atoms with Crippen molar-refractivity contribution in [3.63, 3.8) is 0 Å². The maximum Gasteiger partial charge on any atom is 0.303 e. The summed E-state index contributed by atoms with van der Waals surface area (Å²) in [7, 11) is 0. The number of nitrogens with zero attached hydrogens (tertiary/aromatic N) is 1. The van der Waals surface area contributed by atoms with E-state index in [1.807, 2.05) is 0 Å². The van der Waals surface area contributed by atoms with Gasteiger partial charge in [0.1, 0.15) is 0 Å². The molecule has 3 nitrogen and oxygen atoms in total. The topological polar surface area (TPSA) is 40.5 Å². The molecule has 1 fully saturated rings. The Hall–Kier alpha value is -0.870. The molecule has 0 spiro atoms. The van der Waals surface area contributed by atoms with E-state index in [-0.39, 0.29) is 0 Å². The number of hydrogen-bond acceptors (Lipinski definition) is 2. The van der Waals surface area contributed by atoms with Crippen LogP contribution in [0.1, 0.15) is 44.2 Å². The SMILES string of the molecule is CCC(c1cccc(Br)c1)N1CCC(CCC(=O)O)C1. The standard InChI is InChI=1S/C16H22BrNO2/c1-2-15(13-4-3-5-14(17)10-13)18-9-8-12(11-18)6-7-16(19)20/h3-5,10,12,15H,2,6-9,11H2,1H3,(H,19,20). The van der Waals surface area contributed by atoms with Gasteiger partial charge in [0.2, 0.25) is 0 Å². The van der Waals surface area contributed by atoms with E-state index in [2.05, 4.69) is 52.0 Å². The van der Waals surface area contributed by atoms with E-state index in [1.165, 1.54) is 5.56 Å². The highest BCUT2D eigenvalue weighted by Gasteiger charge is 2.28. The zero-order valence-corrected chi connectivity index (χ0v) is 13.5. The third kappa shape index (κ3) is 4.06. The van der Waals surface area contributed by atoms with Gasteiger partial charge < -0.3 is 5.11 Å². The fraction of sp³-hybridized carbons (Fsp3) is 0.562. The second kappa shape index (κ2) is 7.23. The van der Waals surface area contributed by atoms with Crippen LogP contribution in [-0.2, 0) is 4.79 Å². The van der Waals surface area contributed by atoms with Gasteiger partial charge in [0.05, 0.1) is 0 Å². The number of hydrogen-bond donors (Lipinski definition) is 1. The summed E-state index contributed by atoms with van der Waals surface area (Å²) in [6.45, 7) is 4.32. The fourth-order valence-corrected chi connectivity index (χ4v) is 3.54. The van der Waals surface area contributed by atoms with Crippen LogP contribution in [0.4, 0.5) is 0 Å². The Morgan fingerprint density at radius 1 is 1.55 bits per heavy atom. The molecule has 2 atom stereocenters. The quantitative estimate of drug-likeness (QED) is 0.848. The highest BCUT2D eigenvalue weighted by molar-refractivity contribution is 9.10. The molecular weight excluding hydrogens is 318 g/mol. The molecule has 0 radical (unpaired) electrons. The molecule has 1 N–H and O–H groups in total. The van der Waals surface area contributed by atoms with E-state index < -0.39 is 5.97 Å². The van der Waals surface area contributed by atoms with Gasteiger partial charge in [0, 0.05) is 23.5 Å². The first kappa shape index (κ1) is 15.5. The average molecular weight is 340 g/mol. The van der Waals surface area contributed by atoms with Crippen molar-refractivity contribution < 1.29 is 9.90 Å². The highest BCUT2D eigenvalue weighted by Crippen LogP contribution is 2.32. The van der Waals surface area contributed by atoms with Gasteiger partial charge in [-0.3, -0.25) is 9.69 Å². The molecule has 2 unspecified atom stereocenters.